The van der Waals surface area contributed by atoms with Gasteiger partial charge in [-0.15, -0.1) is 0 Å². The van der Waals surface area contributed by atoms with E-state index in [0.717, 1.165) is 6.29 Å². The molecule has 0 aliphatic carbocycles. The van der Waals surface area contributed by atoms with Crippen molar-refractivity contribution < 1.29 is 29.0 Å². The standard InChI is InChI=1S/C4H8O2.C4H8O.C3H6O2.C2H4O/c1-3-6-4(2)5;1-3-4(2)5;1-2-3(4)5;1-2-3/h3H2,1-2H3;3H2,1-2H3;2H2,1H3,(H,4,5);2H,1H3. The van der Waals surface area contributed by atoms with Gasteiger partial charge in [-0.1, -0.05) is 13.8 Å². The van der Waals surface area contributed by atoms with Crippen LogP contribution in [0.25, 0.3) is 0 Å². The quantitative estimate of drug-likeness (QED) is 0.628. The second-order valence-corrected chi connectivity index (χ2v) is 2.96. The molecule has 0 aromatic rings. The van der Waals surface area contributed by atoms with E-state index in [1.807, 2.05) is 6.92 Å². The molecule has 0 unspecified atom stereocenters. The van der Waals surface area contributed by atoms with Gasteiger partial charge in [-0.05, 0) is 20.8 Å². The number of carboxylic acids is 1. The zero-order valence-electron chi connectivity index (χ0n) is 12.7. The van der Waals surface area contributed by atoms with Crippen LogP contribution in [0.1, 0.15) is 54.4 Å². The van der Waals surface area contributed by atoms with E-state index in [4.69, 9.17) is 9.90 Å². The van der Waals surface area contributed by atoms with Gasteiger partial charge in [0, 0.05) is 19.8 Å². The molecular formula is C13H26O6. The van der Waals surface area contributed by atoms with E-state index in [1.165, 1.54) is 13.8 Å². The fourth-order valence-corrected chi connectivity index (χ4v) is 0.203. The summed E-state index contributed by atoms with van der Waals surface area (Å²) >= 11 is 0. The van der Waals surface area contributed by atoms with Crippen molar-refractivity contribution in [3.63, 3.8) is 0 Å². The van der Waals surface area contributed by atoms with Crippen LogP contribution in [0.3, 0.4) is 0 Å². The van der Waals surface area contributed by atoms with Crippen LogP contribution in [-0.2, 0) is 23.9 Å². The molecule has 0 fully saturated rings. The van der Waals surface area contributed by atoms with Crippen molar-refractivity contribution in [2.24, 2.45) is 0 Å². The summed E-state index contributed by atoms with van der Waals surface area (Å²) in [5.74, 6) is -0.701. The second kappa shape index (κ2) is 25.2. The molecule has 0 rings (SSSR count). The predicted octanol–water partition coefficient (Wildman–Crippen LogP) is 2.24. The number of carboxylic acid groups (broad SMARTS) is 1. The van der Waals surface area contributed by atoms with Crippen LogP contribution in [0.5, 0.6) is 0 Å². The lowest BCUT2D eigenvalue weighted by Gasteiger charge is -1.89. The van der Waals surface area contributed by atoms with E-state index in [-0.39, 0.29) is 18.2 Å². The molecule has 0 aromatic heterocycles. The summed E-state index contributed by atoms with van der Waals surface area (Å²) in [5.41, 5.74) is 0. The molecule has 114 valence electrons. The van der Waals surface area contributed by atoms with Crippen LogP contribution in [0.2, 0.25) is 0 Å². The molecular weight excluding hydrogens is 252 g/mol. The fourth-order valence-electron chi connectivity index (χ4n) is 0.203. The molecule has 6 heteroatoms. The summed E-state index contributed by atoms with van der Waals surface area (Å²) in [6.07, 6.45) is 1.64. The van der Waals surface area contributed by atoms with Crippen LogP contribution >= 0.6 is 0 Å². The fraction of sp³-hybridized carbons (Fsp3) is 0.692. The molecule has 0 saturated heterocycles. The van der Waals surface area contributed by atoms with Crippen LogP contribution in [0, 0.1) is 0 Å². The number of Topliss-reactive ketones (excluding diaryl/α,β-unsaturated/α-hetero) is 1. The first-order chi connectivity index (χ1) is 8.72. The minimum Gasteiger partial charge on any atom is -0.481 e. The van der Waals surface area contributed by atoms with Crippen molar-refractivity contribution in [1.82, 2.24) is 0 Å². The Morgan fingerprint density at radius 1 is 1.05 bits per heavy atom. The van der Waals surface area contributed by atoms with E-state index < -0.39 is 5.97 Å². The third kappa shape index (κ3) is 119. The van der Waals surface area contributed by atoms with E-state index in [1.54, 1.807) is 20.8 Å². The molecule has 0 spiro atoms. The molecule has 0 bridgehead atoms. The van der Waals surface area contributed by atoms with Gasteiger partial charge in [-0.2, -0.15) is 0 Å². The van der Waals surface area contributed by atoms with E-state index in [9.17, 15) is 14.4 Å². The van der Waals surface area contributed by atoms with Crippen molar-refractivity contribution in [2.75, 3.05) is 6.61 Å². The summed E-state index contributed by atoms with van der Waals surface area (Å²) in [4.78, 5) is 37.8. The van der Waals surface area contributed by atoms with Gasteiger partial charge >= 0.3 is 11.9 Å². The highest BCUT2D eigenvalue weighted by Gasteiger charge is 1.81. The predicted molar refractivity (Wildman–Crippen MR) is 72.9 cm³/mol. The van der Waals surface area contributed by atoms with Crippen LogP contribution in [-0.4, -0.2) is 35.7 Å². The third-order valence-corrected chi connectivity index (χ3v) is 1.15. The van der Waals surface area contributed by atoms with Crippen molar-refractivity contribution in [2.45, 2.75) is 54.4 Å². The highest BCUT2D eigenvalue weighted by atomic mass is 16.5. The number of carbonyl (C=O) groups is 4. The Labute approximate surface area is 115 Å². The van der Waals surface area contributed by atoms with Crippen molar-refractivity contribution >= 4 is 24.0 Å². The molecule has 0 amide bonds. The minimum atomic E-state index is -0.745. The van der Waals surface area contributed by atoms with E-state index >= 15 is 0 Å². The lowest BCUT2D eigenvalue weighted by Crippen LogP contribution is -1.95. The maximum absolute atomic E-state index is 9.82. The third-order valence-electron chi connectivity index (χ3n) is 1.15. The SMILES string of the molecule is CC=O.CCC(=O)O.CCC(C)=O.CCOC(C)=O. The molecule has 0 saturated carbocycles. The maximum Gasteiger partial charge on any atom is 0.303 e. The summed E-state index contributed by atoms with van der Waals surface area (Å²) in [6.45, 7) is 10.1. The lowest BCUT2D eigenvalue weighted by molar-refractivity contribution is -0.140. The van der Waals surface area contributed by atoms with Gasteiger partial charge in [0.15, 0.2) is 0 Å². The number of ketones is 1. The van der Waals surface area contributed by atoms with Gasteiger partial charge in [0.2, 0.25) is 0 Å². The molecule has 0 radical (unpaired) electrons. The van der Waals surface area contributed by atoms with Crippen LogP contribution in [0.4, 0.5) is 0 Å². The highest BCUT2D eigenvalue weighted by Crippen LogP contribution is 1.71. The zero-order chi connectivity index (χ0) is 16.3. The average molecular weight is 278 g/mol. The first-order valence-electron chi connectivity index (χ1n) is 5.97. The van der Waals surface area contributed by atoms with Gasteiger partial charge in [0.1, 0.15) is 12.1 Å². The Hall–Kier alpha value is -1.72. The number of rotatable bonds is 3. The number of esters is 1. The molecule has 0 heterocycles. The van der Waals surface area contributed by atoms with E-state index in [0.29, 0.717) is 13.0 Å². The number of carbonyl (C=O) groups excluding carboxylic acids is 3. The van der Waals surface area contributed by atoms with Gasteiger partial charge < -0.3 is 19.4 Å². The van der Waals surface area contributed by atoms with Crippen molar-refractivity contribution in [1.29, 1.82) is 0 Å². The summed E-state index contributed by atoms with van der Waals surface area (Å²) in [5, 5.41) is 7.72. The van der Waals surface area contributed by atoms with Gasteiger partial charge in [0.25, 0.3) is 0 Å². The Morgan fingerprint density at radius 2 is 1.32 bits per heavy atom. The molecule has 1 N–H and O–H groups in total. The Kier molecular flexibility index (Phi) is 34.5. The van der Waals surface area contributed by atoms with Crippen LogP contribution in [0.15, 0.2) is 0 Å². The summed E-state index contributed by atoms with van der Waals surface area (Å²) in [6, 6.07) is 0. The molecule has 19 heavy (non-hydrogen) atoms. The molecule has 0 aliphatic heterocycles. The largest absolute Gasteiger partial charge is 0.481 e. The lowest BCUT2D eigenvalue weighted by atomic mass is 10.4. The van der Waals surface area contributed by atoms with Gasteiger partial charge in [0.05, 0.1) is 6.61 Å². The molecule has 0 aromatic carbocycles. The minimum absolute atomic E-state index is 0.211. The first kappa shape index (κ1) is 26.0. The maximum atomic E-state index is 9.82. The number of aliphatic carboxylic acids is 1. The van der Waals surface area contributed by atoms with Crippen molar-refractivity contribution in [3.8, 4) is 0 Å². The smallest absolute Gasteiger partial charge is 0.303 e. The topological polar surface area (TPSA) is 97.7 Å². The Bertz CT molecular complexity index is 221. The van der Waals surface area contributed by atoms with Crippen molar-refractivity contribution in [3.05, 3.63) is 0 Å². The second-order valence-electron chi connectivity index (χ2n) is 2.96. The monoisotopic (exact) mass is 278 g/mol. The Morgan fingerprint density at radius 3 is 1.32 bits per heavy atom. The number of ether oxygens (including phenoxy) is 1. The van der Waals surface area contributed by atoms with Gasteiger partial charge in [-0.25, -0.2) is 0 Å². The van der Waals surface area contributed by atoms with Crippen LogP contribution < -0.4 is 0 Å². The molecule has 0 atom stereocenters. The summed E-state index contributed by atoms with van der Waals surface area (Å²) < 4.78 is 4.40. The Balaban J connectivity index is -0.0000000811. The first-order valence-corrected chi connectivity index (χ1v) is 5.97. The molecule has 0 aliphatic rings. The average Bonchev–Trinajstić information content (AvgIpc) is 2.31. The number of aldehydes is 1. The highest BCUT2D eigenvalue weighted by molar-refractivity contribution is 5.74. The zero-order valence-corrected chi connectivity index (χ0v) is 12.7. The summed E-state index contributed by atoms with van der Waals surface area (Å²) in [7, 11) is 0. The number of hydrogen-bond donors (Lipinski definition) is 1. The van der Waals surface area contributed by atoms with Gasteiger partial charge in [-0.3, -0.25) is 9.59 Å². The normalized spacial score (nSPS) is 7.05. The number of hydrogen-bond acceptors (Lipinski definition) is 5. The van der Waals surface area contributed by atoms with E-state index in [2.05, 4.69) is 4.74 Å². The molecule has 6 nitrogen and oxygen atoms in total.